The summed E-state index contributed by atoms with van der Waals surface area (Å²) in [5, 5.41) is 0. The molecule has 0 saturated heterocycles. The van der Waals surface area contributed by atoms with E-state index in [9.17, 15) is 0 Å². The average molecular weight is 650 g/mol. The third-order valence-corrected chi connectivity index (χ3v) is 10.4. The molecule has 51 heavy (non-hydrogen) atoms. The minimum Gasteiger partial charge on any atom is -0.264 e. The van der Waals surface area contributed by atoms with Gasteiger partial charge < -0.3 is 0 Å². The van der Waals surface area contributed by atoms with E-state index in [0.717, 1.165) is 39.2 Å². The molecule has 3 heteroatoms. The third-order valence-electron chi connectivity index (χ3n) is 10.4. The van der Waals surface area contributed by atoms with Crippen molar-refractivity contribution in [2.45, 2.75) is 5.41 Å². The molecule has 0 aliphatic heterocycles. The van der Waals surface area contributed by atoms with Crippen LogP contribution in [0.1, 0.15) is 33.4 Å². The lowest BCUT2D eigenvalue weighted by Gasteiger charge is -2.35. The lowest BCUT2D eigenvalue weighted by atomic mass is 9.66. The maximum atomic E-state index is 5.28. The van der Waals surface area contributed by atoms with Crippen LogP contribution >= 0.6 is 0 Å². The first-order valence-electron chi connectivity index (χ1n) is 17.3. The molecule has 0 fully saturated rings. The van der Waals surface area contributed by atoms with Crippen molar-refractivity contribution in [1.82, 2.24) is 15.0 Å². The Kier molecular flexibility index (Phi) is 6.71. The number of pyridine rings is 1. The molecule has 2 aromatic heterocycles. The maximum Gasteiger partial charge on any atom is 0.160 e. The molecule has 0 saturated carbocycles. The minimum atomic E-state index is -0.513. The van der Waals surface area contributed by atoms with Gasteiger partial charge in [0.05, 0.1) is 16.8 Å². The van der Waals surface area contributed by atoms with Gasteiger partial charge in [-0.05, 0) is 73.8 Å². The predicted molar refractivity (Wildman–Crippen MR) is 208 cm³/mol. The number of aromatic nitrogens is 3. The summed E-state index contributed by atoms with van der Waals surface area (Å²) in [7, 11) is 0. The van der Waals surface area contributed by atoms with Gasteiger partial charge in [-0.1, -0.05) is 158 Å². The van der Waals surface area contributed by atoms with Crippen LogP contribution in [0, 0.1) is 0 Å². The van der Waals surface area contributed by atoms with E-state index in [1.165, 1.54) is 44.5 Å². The molecule has 0 unspecified atom stereocenters. The monoisotopic (exact) mass is 649 g/mol. The SMILES string of the molecule is C1=Cc2ccccc2C2(c3ccccc31)c1ccccc1-c1ccc(-c3nc(-c4ccccc4)cc(-c4ccc(-c5cccnc5)cc4)n3)cc12. The zero-order valence-electron chi connectivity index (χ0n) is 27.7. The Bertz CT molecular complexity index is 2570. The van der Waals surface area contributed by atoms with Crippen LogP contribution in [0.5, 0.6) is 0 Å². The van der Waals surface area contributed by atoms with Crippen molar-refractivity contribution in [2.75, 3.05) is 0 Å². The van der Waals surface area contributed by atoms with E-state index in [0.29, 0.717) is 5.82 Å². The fourth-order valence-electron chi connectivity index (χ4n) is 8.14. The first-order valence-corrected chi connectivity index (χ1v) is 17.3. The topological polar surface area (TPSA) is 38.7 Å². The van der Waals surface area contributed by atoms with E-state index in [1.807, 2.05) is 18.3 Å². The number of fused-ring (bicyclic) bond motifs is 9. The van der Waals surface area contributed by atoms with Crippen LogP contribution in [0.2, 0.25) is 0 Å². The van der Waals surface area contributed by atoms with E-state index in [1.54, 1.807) is 6.20 Å². The normalized spacial score (nSPS) is 13.2. The molecular formula is C48H31N3. The first kappa shape index (κ1) is 29.2. The molecule has 0 bridgehead atoms. The zero-order valence-corrected chi connectivity index (χ0v) is 27.7. The van der Waals surface area contributed by atoms with E-state index < -0.39 is 5.41 Å². The molecule has 0 amide bonds. The summed E-state index contributed by atoms with van der Waals surface area (Å²) in [6.45, 7) is 0. The van der Waals surface area contributed by atoms with Crippen molar-refractivity contribution in [3.8, 4) is 56.2 Å². The van der Waals surface area contributed by atoms with Crippen LogP contribution in [0.15, 0.2) is 176 Å². The Balaban J connectivity index is 1.20. The standard InChI is InChI=1S/C48H31N3/c1-2-13-35(14-3-1)45-30-46(36-24-20-32(21-25-36)38-15-10-28-49-31-38)51-47(50-45)37-26-27-40-39-16-6-9-19-43(39)48(44(40)29-37)41-17-7-4-11-33(41)22-23-34-12-5-8-18-42(34)48/h1-31H. The second-order valence-corrected chi connectivity index (χ2v) is 13.2. The molecule has 0 radical (unpaired) electrons. The summed E-state index contributed by atoms with van der Waals surface area (Å²) in [5.41, 5.74) is 16.6. The highest BCUT2D eigenvalue weighted by molar-refractivity contribution is 5.92. The molecule has 0 N–H and O–H groups in total. The number of nitrogens with zero attached hydrogens (tertiary/aromatic N) is 3. The molecule has 0 atom stereocenters. The number of hydrogen-bond donors (Lipinski definition) is 0. The third kappa shape index (κ3) is 4.63. The van der Waals surface area contributed by atoms with Gasteiger partial charge in [0.1, 0.15) is 0 Å². The molecular weight excluding hydrogens is 619 g/mol. The Hall–Kier alpha value is -6.71. The van der Waals surface area contributed by atoms with Crippen LogP contribution in [0.25, 0.3) is 68.3 Å². The molecule has 2 aliphatic carbocycles. The predicted octanol–water partition coefficient (Wildman–Crippen LogP) is 11.4. The lowest BCUT2D eigenvalue weighted by molar-refractivity contribution is 0.766. The molecule has 6 aromatic carbocycles. The van der Waals surface area contributed by atoms with Gasteiger partial charge in [-0.15, -0.1) is 0 Å². The summed E-state index contributed by atoms with van der Waals surface area (Å²) in [6.07, 6.45) is 8.23. The zero-order chi connectivity index (χ0) is 33.8. The molecule has 10 rings (SSSR count). The summed E-state index contributed by atoms with van der Waals surface area (Å²) in [6, 6.07) is 58.6. The van der Waals surface area contributed by atoms with Crippen LogP contribution in [0.4, 0.5) is 0 Å². The fraction of sp³-hybridized carbons (Fsp3) is 0.0208. The second-order valence-electron chi connectivity index (χ2n) is 13.2. The summed E-state index contributed by atoms with van der Waals surface area (Å²) in [4.78, 5) is 14.8. The molecule has 2 aliphatic rings. The van der Waals surface area contributed by atoms with Gasteiger partial charge in [-0.2, -0.15) is 0 Å². The van der Waals surface area contributed by atoms with E-state index in [4.69, 9.17) is 9.97 Å². The van der Waals surface area contributed by atoms with Gasteiger partial charge in [0, 0.05) is 29.1 Å². The Labute approximate surface area is 297 Å². The largest absolute Gasteiger partial charge is 0.264 e. The van der Waals surface area contributed by atoms with Crippen LogP contribution in [-0.2, 0) is 5.41 Å². The smallest absolute Gasteiger partial charge is 0.160 e. The number of rotatable bonds is 4. The van der Waals surface area contributed by atoms with E-state index in [2.05, 4.69) is 169 Å². The van der Waals surface area contributed by atoms with Crippen LogP contribution in [0.3, 0.4) is 0 Å². The van der Waals surface area contributed by atoms with Crippen molar-refractivity contribution in [3.05, 3.63) is 210 Å². The van der Waals surface area contributed by atoms with Gasteiger partial charge in [0.15, 0.2) is 5.82 Å². The summed E-state index contributed by atoms with van der Waals surface area (Å²) >= 11 is 0. The van der Waals surface area contributed by atoms with E-state index >= 15 is 0 Å². The quantitative estimate of drug-likeness (QED) is 0.190. The van der Waals surface area contributed by atoms with Crippen molar-refractivity contribution in [2.24, 2.45) is 0 Å². The number of benzene rings is 6. The van der Waals surface area contributed by atoms with Crippen molar-refractivity contribution in [3.63, 3.8) is 0 Å². The Morgan fingerprint density at radius 1 is 0.373 bits per heavy atom. The maximum absolute atomic E-state index is 5.28. The molecule has 1 spiro atoms. The minimum absolute atomic E-state index is 0.513. The molecule has 238 valence electrons. The highest BCUT2D eigenvalue weighted by atomic mass is 14.9. The van der Waals surface area contributed by atoms with Gasteiger partial charge in [0.25, 0.3) is 0 Å². The lowest BCUT2D eigenvalue weighted by Crippen LogP contribution is -2.30. The summed E-state index contributed by atoms with van der Waals surface area (Å²) in [5.74, 6) is 0.699. The van der Waals surface area contributed by atoms with Gasteiger partial charge in [0.2, 0.25) is 0 Å². The second kappa shape index (κ2) is 11.7. The number of hydrogen-bond acceptors (Lipinski definition) is 3. The van der Waals surface area contributed by atoms with Gasteiger partial charge in [-0.3, -0.25) is 4.98 Å². The van der Waals surface area contributed by atoms with E-state index in [-0.39, 0.29) is 0 Å². The van der Waals surface area contributed by atoms with Crippen molar-refractivity contribution >= 4 is 12.2 Å². The summed E-state index contributed by atoms with van der Waals surface area (Å²) < 4.78 is 0. The van der Waals surface area contributed by atoms with Crippen LogP contribution < -0.4 is 0 Å². The van der Waals surface area contributed by atoms with Crippen LogP contribution in [-0.4, -0.2) is 15.0 Å². The molecule has 2 heterocycles. The van der Waals surface area contributed by atoms with Gasteiger partial charge >= 0.3 is 0 Å². The fourth-order valence-corrected chi connectivity index (χ4v) is 8.14. The molecule has 8 aromatic rings. The first-order chi connectivity index (χ1) is 25.3. The van der Waals surface area contributed by atoms with Crippen molar-refractivity contribution < 1.29 is 0 Å². The van der Waals surface area contributed by atoms with Gasteiger partial charge in [-0.25, -0.2) is 9.97 Å². The van der Waals surface area contributed by atoms with Crippen molar-refractivity contribution in [1.29, 1.82) is 0 Å². The Morgan fingerprint density at radius 2 is 0.922 bits per heavy atom. The Morgan fingerprint density at radius 3 is 1.61 bits per heavy atom. The highest BCUT2D eigenvalue weighted by Crippen LogP contribution is 2.58. The molecule has 3 nitrogen and oxygen atoms in total. The average Bonchev–Trinajstić information content (AvgIpc) is 3.41. The highest BCUT2D eigenvalue weighted by Gasteiger charge is 2.48.